The van der Waals surface area contributed by atoms with Crippen LogP contribution in [-0.4, -0.2) is 36.2 Å². The maximum absolute atomic E-state index is 13.1. The Labute approximate surface area is 140 Å². The number of hydrogen-bond donors (Lipinski definition) is 0. The lowest BCUT2D eigenvalue weighted by molar-refractivity contribution is -0.125. The van der Waals surface area contributed by atoms with E-state index in [1.165, 1.54) is 24.8 Å². The van der Waals surface area contributed by atoms with Crippen LogP contribution in [0.15, 0.2) is 24.3 Å². The highest BCUT2D eigenvalue weighted by atomic mass is 19.1. The van der Waals surface area contributed by atoms with Crippen LogP contribution in [0.25, 0.3) is 0 Å². The molecule has 0 N–H and O–H groups in total. The quantitative estimate of drug-likeness (QED) is 0.807. The molecule has 2 fully saturated rings. The minimum Gasteiger partial charge on any atom is -0.373 e. The van der Waals surface area contributed by atoms with Gasteiger partial charge in [-0.2, -0.15) is 0 Å². The monoisotopic (exact) mass is 319 g/mol. The Kier molecular flexibility index (Phi) is 5.07. The van der Waals surface area contributed by atoms with E-state index in [1.807, 2.05) is 12.1 Å². The van der Waals surface area contributed by atoms with E-state index < -0.39 is 0 Å². The number of hydrogen-bond acceptors (Lipinski definition) is 2. The standard InChI is InChI=1S/C20H30FNO/c1-15(2)20(3)11-8-19(14-23-20)22-12-9-17(10-13-22)16-4-6-18(21)7-5-16/h4-7,15,17,19H,8-14H2,1-3H3. The predicted molar refractivity (Wildman–Crippen MR) is 92.2 cm³/mol. The molecule has 2 saturated heterocycles. The SMILES string of the molecule is CC(C)C1(C)CCC(N2CCC(c3ccc(F)cc3)CC2)CO1. The maximum Gasteiger partial charge on any atom is 0.123 e. The molecule has 2 unspecified atom stereocenters. The van der Waals surface area contributed by atoms with Crippen LogP contribution in [-0.2, 0) is 4.74 Å². The van der Waals surface area contributed by atoms with E-state index in [1.54, 1.807) is 12.1 Å². The molecule has 0 spiro atoms. The molecular formula is C20H30FNO. The number of likely N-dealkylation sites (tertiary alicyclic amines) is 1. The van der Waals surface area contributed by atoms with Crippen molar-refractivity contribution in [3.63, 3.8) is 0 Å². The van der Waals surface area contributed by atoms with Crippen LogP contribution in [0.3, 0.4) is 0 Å². The second kappa shape index (κ2) is 6.90. The molecule has 0 radical (unpaired) electrons. The van der Waals surface area contributed by atoms with Crippen molar-refractivity contribution in [1.29, 1.82) is 0 Å². The molecule has 2 aliphatic heterocycles. The van der Waals surface area contributed by atoms with Gasteiger partial charge in [0.05, 0.1) is 12.2 Å². The molecule has 3 rings (SSSR count). The van der Waals surface area contributed by atoms with Crippen molar-refractivity contribution in [2.75, 3.05) is 19.7 Å². The van der Waals surface area contributed by atoms with Gasteiger partial charge in [0, 0.05) is 6.04 Å². The molecule has 0 amide bonds. The number of benzene rings is 1. The van der Waals surface area contributed by atoms with Gasteiger partial charge in [-0.05, 0) is 75.2 Å². The maximum atomic E-state index is 13.1. The summed E-state index contributed by atoms with van der Waals surface area (Å²) in [5.41, 5.74) is 1.35. The molecule has 2 nitrogen and oxygen atoms in total. The lowest BCUT2D eigenvalue weighted by Gasteiger charge is -2.45. The highest BCUT2D eigenvalue weighted by Gasteiger charge is 2.37. The first-order valence-electron chi connectivity index (χ1n) is 9.11. The van der Waals surface area contributed by atoms with Gasteiger partial charge >= 0.3 is 0 Å². The molecule has 0 aliphatic carbocycles. The Hall–Kier alpha value is -0.930. The van der Waals surface area contributed by atoms with Gasteiger partial charge in [-0.15, -0.1) is 0 Å². The fourth-order valence-electron chi connectivity index (χ4n) is 3.97. The van der Waals surface area contributed by atoms with Crippen LogP contribution in [0.5, 0.6) is 0 Å². The van der Waals surface area contributed by atoms with Crippen LogP contribution >= 0.6 is 0 Å². The van der Waals surface area contributed by atoms with E-state index in [2.05, 4.69) is 25.7 Å². The van der Waals surface area contributed by atoms with Crippen LogP contribution in [0.2, 0.25) is 0 Å². The third-order valence-corrected chi connectivity index (χ3v) is 6.19. The molecule has 2 atom stereocenters. The number of rotatable bonds is 3. The molecule has 0 aromatic heterocycles. The Morgan fingerprint density at radius 3 is 2.30 bits per heavy atom. The molecule has 1 aromatic carbocycles. The van der Waals surface area contributed by atoms with Gasteiger partial charge in [0.25, 0.3) is 0 Å². The normalized spacial score (nSPS) is 30.7. The highest BCUT2D eigenvalue weighted by molar-refractivity contribution is 5.21. The van der Waals surface area contributed by atoms with E-state index in [4.69, 9.17) is 4.74 Å². The molecule has 0 bridgehead atoms. The summed E-state index contributed by atoms with van der Waals surface area (Å²) in [6, 6.07) is 7.66. The summed E-state index contributed by atoms with van der Waals surface area (Å²) in [6.07, 6.45) is 4.75. The topological polar surface area (TPSA) is 12.5 Å². The Morgan fingerprint density at radius 1 is 1.13 bits per heavy atom. The van der Waals surface area contributed by atoms with Crippen molar-refractivity contribution in [2.24, 2.45) is 5.92 Å². The predicted octanol–water partition coefficient (Wildman–Crippen LogP) is 4.60. The Morgan fingerprint density at radius 2 is 1.78 bits per heavy atom. The lowest BCUT2D eigenvalue weighted by Crippen LogP contribution is -2.50. The van der Waals surface area contributed by atoms with E-state index in [0.717, 1.165) is 26.1 Å². The first-order chi connectivity index (χ1) is 11.0. The van der Waals surface area contributed by atoms with Crippen molar-refractivity contribution >= 4 is 0 Å². The van der Waals surface area contributed by atoms with Crippen molar-refractivity contribution in [1.82, 2.24) is 4.90 Å². The van der Waals surface area contributed by atoms with Crippen molar-refractivity contribution in [3.05, 3.63) is 35.6 Å². The van der Waals surface area contributed by atoms with Gasteiger partial charge in [-0.1, -0.05) is 26.0 Å². The van der Waals surface area contributed by atoms with E-state index in [9.17, 15) is 4.39 Å². The van der Waals surface area contributed by atoms with Gasteiger partial charge in [0.1, 0.15) is 5.82 Å². The van der Waals surface area contributed by atoms with Crippen LogP contribution in [0, 0.1) is 11.7 Å². The molecule has 23 heavy (non-hydrogen) atoms. The number of piperidine rings is 1. The average molecular weight is 319 g/mol. The van der Waals surface area contributed by atoms with Crippen LogP contribution in [0.1, 0.15) is 57.9 Å². The van der Waals surface area contributed by atoms with Gasteiger partial charge in [0.2, 0.25) is 0 Å². The lowest BCUT2D eigenvalue weighted by atomic mass is 9.83. The molecule has 2 aliphatic rings. The van der Waals surface area contributed by atoms with E-state index in [0.29, 0.717) is 17.9 Å². The van der Waals surface area contributed by atoms with E-state index in [-0.39, 0.29) is 11.4 Å². The second-order valence-electron chi connectivity index (χ2n) is 7.83. The van der Waals surface area contributed by atoms with Crippen LogP contribution < -0.4 is 0 Å². The number of halogens is 1. The molecule has 0 saturated carbocycles. The number of nitrogens with zero attached hydrogens (tertiary/aromatic N) is 1. The summed E-state index contributed by atoms with van der Waals surface area (Å²) >= 11 is 0. The number of ether oxygens (including phenoxy) is 1. The fraction of sp³-hybridized carbons (Fsp3) is 0.700. The first-order valence-corrected chi connectivity index (χ1v) is 9.11. The minimum atomic E-state index is -0.140. The van der Waals surface area contributed by atoms with Gasteiger partial charge in [0.15, 0.2) is 0 Å². The average Bonchev–Trinajstić information content (AvgIpc) is 2.56. The minimum absolute atomic E-state index is 0.0585. The zero-order valence-electron chi connectivity index (χ0n) is 14.7. The van der Waals surface area contributed by atoms with Crippen molar-refractivity contribution in [3.8, 4) is 0 Å². The summed E-state index contributed by atoms with van der Waals surface area (Å²) in [5.74, 6) is 1.02. The van der Waals surface area contributed by atoms with Gasteiger partial charge < -0.3 is 4.74 Å². The summed E-state index contributed by atoms with van der Waals surface area (Å²) in [5, 5.41) is 0. The van der Waals surface area contributed by atoms with Crippen LogP contribution in [0.4, 0.5) is 4.39 Å². The molecular weight excluding hydrogens is 289 g/mol. The van der Waals surface area contributed by atoms with Gasteiger partial charge in [-0.25, -0.2) is 4.39 Å². The third-order valence-electron chi connectivity index (χ3n) is 6.19. The summed E-state index contributed by atoms with van der Waals surface area (Å²) in [6.45, 7) is 9.91. The smallest absolute Gasteiger partial charge is 0.123 e. The molecule has 2 heterocycles. The second-order valence-corrected chi connectivity index (χ2v) is 7.83. The third kappa shape index (κ3) is 3.77. The summed E-state index contributed by atoms with van der Waals surface area (Å²) in [7, 11) is 0. The fourth-order valence-corrected chi connectivity index (χ4v) is 3.97. The molecule has 1 aromatic rings. The molecule has 3 heteroatoms. The molecule has 128 valence electrons. The van der Waals surface area contributed by atoms with Gasteiger partial charge in [-0.3, -0.25) is 4.90 Å². The summed E-state index contributed by atoms with van der Waals surface area (Å²) in [4.78, 5) is 2.61. The largest absolute Gasteiger partial charge is 0.373 e. The zero-order chi connectivity index (χ0) is 16.4. The van der Waals surface area contributed by atoms with Crippen molar-refractivity contribution < 1.29 is 9.13 Å². The van der Waals surface area contributed by atoms with Crippen molar-refractivity contribution in [2.45, 2.75) is 64.0 Å². The Balaban J connectivity index is 1.51. The zero-order valence-corrected chi connectivity index (χ0v) is 14.7. The summed E-state index contributed by atoms with van der Waals surface area (Å²) < 4.78 is 19.3. The van der Waals surface area contributed by atoms with E-state index >= 15 is 0 Å². The first kappa shape index (κ1) is 16.9. The Bertz CT molecular complexity index is 497. The highest BCUT2D eigenvalue weighted by Crippen LogP contribution is 2.35.